The monoisotopic (exact) mass is 273 g/mol. The summed E-state index contributed by atoms with van der Waals surface area (Å²) < 4.78 is 1.88. The van der Waals surface area contributed by atoms with Crippen LogP contribution in [0, 0.1) is 6.92 Å². The van der Waals surface area contributed by atoms with Crippen LogP contribution in [0.3, 0.4) is 0 Å². The van der Waals surface area contributed by atoms with Crippen molar-refractivity contribution < 1.29 is 0 Å². The summed E-state index contributed by atoms with van der Waals surface area (Å²) in [6, 6.07) is 1.91. The minimum absolute atomic E-state index is 0.495. The van der Waals surface area contributed by atoms with Gasteiger partial charge in [-0.2, -0.15) is 5.10 Å². The van der Waals surface area contributed by atoms with Gasteiger partial charge in [0.25, 0.3) is 0 Å². The third kappa shape index (κ3) is 2.72. The molecule has 20 heavy (non-hydrogen) atoms. The van der Waals surface area contributed by atoms with Crippen molar-refractivity contribution in [2.45, 2.75) is 32.2 Å². The quantitative estimate of drug-likeness (QED) is 0.542. The first-order valence-corrected chi connectivity index (χ1v) is 6.84. The lowest BCUT2D eigenvalue weighted by Gasteiger charge is -2.13. The Bertz CT molecular complexity index is 575. The summed E-state index contributed by atoms with van der Waals surface area (Å²) in [4.78, 5) is 9.08. The van der Waals surface area contributed by atoms with Gasteiger partial charge in [0.15, 0.2) is 0 Å². The van der Waals surface area contributed by atoms with Crippen LogP contribution < -0.4 is 16.6 Å². The molecule has 106 valence electrons. The first kappa shape index (κ1) is 12.9. The molecule has 0 atom stereocenters. The van der Waals surface area contributed by atoms with Gasteiger partial charge < -0.3 is 10.7 Å². The van der Waals surface area contributed by atoms with Crippen molar-refractivity contribution in [1.29, 1.82) is 0 Å². The summed E-state index contributed by atoms with van der Waals surface area (Å²) in [7, 11) is 0. The molecule has 2 aromatic heterocycles. The highest BCUT2D eigenvalue weighted by molar-refractivity contribution is 5.57. The lowest BCUT2D eigenvalue weighted by Crippen LogP contribution is -2.17. The van der Waals surface area contributed by atoms with E-state index in [9.17, 15) is 0 Å². The molecule has 1 saturated carbocycles. The molecule has 0 bridgehead atoms. The average Bonchev–Trinajstić information content (AvgIpc) is 3.18. The fourth-order valence-electron chi connectivity index (χ4n) is 2.09. The Morgan fingerprint density at radius 2 is 2.15 bits per heavy atom. The van der Waals surface area contributed by atoms with Crippen LogP contribution >= 0.6 is 0 Å². The predicted molar refractivity (Wildman–Crippen MR) is 77.3 cm³/mol. The van der Waals surface area contributed by atoms with E-state index in [1.165, 1.54) is 12.8 Å². The van der Waals surface area contributed by atoms with Gasteiger partial charge in [0, 0.05) is 30.4 Å². The van der Waals surface area contributed by atoms with Crippen LogP contribution in [0.1, 0.15) is 30.1 Å². The van der Waals surface area contributed by atoms with Gasteiger partial charge >= 0.3 is 0 Å². The van der Waals surface area contributed by atoms with E-state index in [2.05, 4.69) is 25.8 Å². The SMILES string of the molecule is Cc1c(NN)nc(C2CC2)nc1NCCn1cccn1. The van der Waals surface area contributed by atoms with Crippen molar-refractivity contribution in [2.75, 3.05) is 17.3 Å². The summed E-state index contributed by atoms with van der Waals surface area (Å²) in [5, 5.41) is 7.51. The van der Waals surface area contributed by atoms with Crippen molar-refractivity contribution in [3.8, 4) is 0 Å². The second kappa shape index (κ2) is 5.46. The topological polar surface area (TPSA) is 93.7 Å². The van der Waals surface area contributed by atoms with Crippen molar-refractivity contribution in [3.63, 3.8) is 0 Å². The molecular weight excluding hydrogens is 254 g/mol. The molecule has 1 fully saturated rings. The summed E-state index contributed by atoms with van der Waals surface area (Å²) in [5.41, 5.74) is 3.60. The van der Waals surface area contributed by atoms with E-state index in [4.69, 9.17) is 5.84 Å². The Balaban J connectivity index is 1.72. The van der Waals surface area contributed by atoms with Gasteiger partial charge in [0.1, 0.15) is 17.5 Å². The van der Waals surface area contributed by atoms with Crippen LogP contribution in [0.4, 0.5) is 11.6 Å². The molecule has 1 aliphatic carbocycles. The lowest BCUT2D eigenvalue weighted by atomic mass is 10.3. The molecule has 2 aromatic rings. The molecule has 0 spiro atoms. The maximum absolute atomic E-state index is 5.53. The number of nitrogens with two attached hydrogens (primary N) is 1. The molecule has 0 aliphatic heterocycles. The largest absolute Gasteiger partial charge is 0.368 e. The third-order valence-electron chi connectivity index (χ3n) is 3.43. The normalized spacial score (nSPS) is 14.3. The number of hydrogen-bond acceptors (Lipinski definition) is 6. The number of hydrazine groups is 1. The zero-order valence-corrected chi connectivity index (χ0v) is 11.5. The van der Waals surface area contributed by atoms with E-state index in [-0.39, 0.29) is 0 Å². The van der Waals surface area contributed by atoms with Crippen molar-refractivity contribution in [1.82, 2.24) is 19.7 Å². The minimum atomic E-state index is 0.495. The molecule has 3 rings (SSSR count). The van der Waals surface area contributed by atoms with E-state index < -0.39 is 0 Å². The molecule has 2 heterocycles. The first-order chi connectivity index (χ1) is 9.78. The van der Waals surface area contributed by atoms with Gasteiger partial charge in [-0.15, -0.1) is 0 Å². The Kier molecular flexibility index (Phi) is 3.51. The fourth-order valence-corrected chi connectivity index (χ4v) is 2.09. The highest BCUT2D eigenvalue weighted by Gasteiger charge is 2.28. The number of anilines is 2. The lowest BCUT2D eigenvalue weighted by molar-refractivity contribution is 0.636. The van der Waals surface area contributed by atoms with Gasteiger partial charge in [-0.3, -0.25) is 4.68 Å². The highest BCUT2D eigenvalue weighted by atomic mass is 15.3. The van der Waals surface area contributed by atoms with Crippen LogP contribution in [0.5, 0.6) is 0 Å². The minimum Gasteiger partial charge on any atom is -0.368 e. The van der Waals surface area contributed by atoms with Gasteiger partial charge in [-0.05, 0) is 25.8 Å². The Morgan fingerprint density at radius 1 is 1.35 bits per heavy atom. The van der Waals surface area contributed by atoms with Gasteiger partial charge in [-0.25, -0.2) is 15.8 Å². The van der Waals surface area contributed by atoms with Gasteiger partial charge in [-0.1, -0.05) is 0 Å². The molecule has 0 amide bonds. The number of nitrogen functional groups attached to an aromatic ring is 1. The number of hydrogen-bond donors (Lipinski definition) is 3. The second-order valence-electron chi connectivity index (χ2n) is 5.02. The molecule has 4 N–H and O–H groups in total. The van der Waals surface area contributed by atoms with Crippen molar-refractivity contribution in [2.24, 2.45) is 5.84 Å². The van der Waals surface area contributed by atoms with Crippen LogP contribution in [0.25, 0.3) is 0 Å². The second-order valence-corrected chi connectivity index (χ2v) is 5.02. The van der Waals surface area contributed by atoms with E-state index >= 15 is 0 Å². The highest BCUT2D eigenvalue weighted by Crippen LogP contribution is 2.39. The predicted octanol–water partition coefficient (Wildman–Crippen LogP) is 1.26. The number of aromatic nitrogens is 4. The third-order valence-corrected chi connectivity index (χ3v) is 3.43. The molecular formula is C13H19N7. The number of rotatable bonds is 6. The molecule has 0 unspecified atom stereocenters. The zero-order valence-electron chi connectivity index (χ0n) is 11.5. The molecule has 7 nitrogen and oxygen atoms in total. The van der Waals surface area contributed by atoms with Crippen LogP contribution in [-0.2, 0) is 6.54 Å². The average molecular weight is 273 g/mol. The molecule has 7 heteroatoms. The Labute approximate surface area is 117 Å². The standard InChI is InChI=1S/C13H19N7/c1-9-11(15-6-8-20-7-2-5-16-20)17-13(10-3-4-10)18-12(9)19-14/h2,5,7,10H,3-4,6,8,14H2,1H3,(H2,15,17,18,19). The molecule has 0 radical (unpaired) electrons. The van der Waals surface area contributed by atoms with E-state index in [0.29, 0.717) is 11.7 Å². The van der Waals surface area contributed by atoms with Gasteiger partial charge in [0.05, 0.1) is 6.54 Å². The molecule has 0 aromatic carbocycles. The summed E-state index contributed by atoms with van der Waals surface area (Å²) >= 11 is 0. The van der Waals surface area contributed by atoms with Crippen molar-refractivity contribution in [3.05, 3.63) is 29.8 Å². The zero-order chi connectivity index (χ0) is 13.9. The summed E-state index contributed by atoms with van der Waals surface area (Å²) in [6.07, 6.45) is 6.05. The fraction of sp³-hybridized carbons (Fsp3) is 0.462. The first-order valence-electron chi connectivity index (χ1n) is 6.84. The van der Waals surface area contributed by atoms with E-state index in [1.54, 1.807) is 6.20 Å². The molecule has 0 saturated heterocycles. The smallest absolute Gasteiger partial charge is 0.148 e. The number of nitrogens with one attached hydrogen (secondary N) is 2. The van der Waals surface area contributed by atoms with E-state index in [0.717, 1.165) is 30.3 Å². The van der Waals surface area contributed by atoms with E-state index in [1.807, 2.05) is 23.9 Å². The maximum atomic E-state index is 5.53. The number of nitrogens with zero attached hydrogens (tertiary/aromatic N) is 4. The van der Waals surface area contributed by atoms with Crippen molar-refractivity contribution >= 4 is 11.6 Å². The maximum Gasteiger partial charge on any atom is 0.148 e. The van der Waals surface area contributed by atoms with Crippen LogP contribution in [-0.4, -0.2) is 26.3 Å². The summed E-state index contributed by atoms with van der Waals surface area (Å²) in [5.74, 6) is 8.45. The van der Waals surface area contributed by atoms with Gasteiger partial charge in [0.2, 0.25) is 0 Å². The molecule has 1 aliphatic rings. The Hall–Kier alpha value is -2.15. The van der Waals surface area contributed by atoms with Crippen LogP contribution in [0.2, 0.25) is 0 Å². The van der Waals surface area contributed by atoms with Crippen LogP contribution in [0.15, 0.2) is 18.5 Å². The Morgan fingerprint density at radius 3 is 2.80 bits per heavy atom. The summed E-state index contributed by atoms with van der Waals surface area (Å²) in [6.45, 7) is 3.51.